The molecule has 8 atom stereocenters. The molecular formula is C36H51N5O8. The molecule has 1 aromatic heterocycles. The first-order valence-electron chi connectivity index (χ1n) is 17.4. The van der Waals surface area contributed by atoms with Gasteiger partial charge in [-0.3, -0.25) is 19.0 Å². The van der Waals surface area contributed by atoms with Gasteiger partial charge in [0.1, 0.15) is 12.4 Å². The quantitative estimate of drug-likeness (QED) is 0.130. The van der Waals surface area contributed by atoms with Gasteiger partial charge in [0.2, 0.25) is 11.8 Å². The number of imidazole rings is 1. The highest BCUT2D eigenvalue weighted by Gasteiger charge is 2.51. The summed E-state index contributed by atoms with van der Waals surface area (Å²) in [6.45, 7) is 9.90. The Balaban J connectivity index is 1.03. The van der Waals surface area contributed by atoms with Crippen LogP contribution in [0.3, 0.4) is 0 Å². The predicted molar refractivity (Wildman–Crippen MR) is 180 cm³/mol. The number of ether oxygens (including phenoxy) is 4. The van der Waals surface area contributed by atoms with Crippen molar-refractivity contribution in [2.45, 2.75) is 134 Å². The van der Waals surface area contributed by atoms with Crippen LogP contribution in [0.15, 0.2) is 54.7 Å². The molecule has 3 saturated heterocycles. The lowest BCUT2D eigenvalue weighted by Gasteiger charge is -2.39. The van der Waals surface area contributed by atoms with Gasteiger partial charge in [0.25, 0.3) is 0 Å². The minimum Gasteiger partial charge on any atom is -0.459 e. The summed E-state index contributed by atoms with van der Waals surface area (Å²) in [6, 6.07) is -0.268. The number of rotatable bonds is 12. The average molecular weight is 682 g/mol. The third kappa shape index (κ3) is 10.8. The zero-order valence-electron chi connectivity index (χ0n) is 29.1. The fourth-order valence-electron chi connectivity index (χ4n) is 6.85. The second-order valence-corrected chi connectivity index (χ2v) is 14.2. The van der Waals surface area contributed by atoms with Crippen LogP contribution in [0.2, 0.25) is 0 Å². The molecule has 4 aliphatic rings. The van der Waals surface area contributed by atoms with Crippen molar-refractivity contribution in [2.75, 3.05) is 6.61 Å². The number of hydrogen-bond acceptors (Lipinski definition) is 9. The molecule has 0 aromatic carbocycles. The fraction of sp³-hybridized carbons (Fsp3) is 0.639. The van der Waals surface area contributed by atoms with E-state index in [-0.39, 0.29) is 78.3 Å². The number of epoxide rings is 1. The number of carbonyl (C=O) groups is 4. The predicted octanol–water partition coefficient (Wildman–Crippen LogP) is 3.49. The Morgan fingerprint density at radius 2 is 1.80 bits per heavy atom. The van der Waals surface area contributed by atoms with E-state index in [1.165, 1.54) is 23.9 Å². The van der Waals surface area contributed by atoms with Crippen LogP contribution in [0.25, 0.3) is 0 Å². The number of amides is 3. The highest BCUT2D eigenvalue weighted by molar-refractivity contribution is 5.87. The van der Waals surface area contributed by atoms with Crippen LogP contribution in [0.1, 0.15) is 79.6 Å². The van der Waals surface area contributed by atoms with Crippen molar-refractivity contribution < 1.29 is 38.1 Å². The van der Waals surface area contributed by atoms with Crippen LogP contribution in [0, 0.1) is 5.92 Å². The molecule has 1 spiro atoms. The van der Waals surface area contributed by atoms with E-state index < -0.39 is 12.1 Å². The molecule has 0 bridgehead atoms. The average Bonchev–Trinajstić information content (AvgIpc) is 3.50. The molecule has 0 radical (unpaired) electrons. The van der Waals surface area contributed by atoms with Crippen molar-refractivity contribution in [3.8, 4) is 0 Å². The Labute approximate surface area is 288 Å². The Morgan fingerprint density at radius 1 is 1.04 bits per heavy atom. The van der Waals surface area contributed by atoms with Gasteiger partial charge < -0.3 is 34.9 Å². The monoisotopic (exact) mass is 681 g/mol. The molecule has 3 N–H and O–H groups in total. The molecule has 268 valence electrons. The summed E-state index contributed by atoms with van der Waals surface area (Å²) in [5, 5.41) is 9.06. The maximum absolute atomic E-state index is 12.9. The maximum Gasteiger partial charge on any atom is 0.327 e. The SMILES string of the molecule is CC(=O)OC(C)C=CC(=O)NC1CC(C)C(CC=C(C)C=CC2CC3(CO3)CC(CC(=O)NC3CC(NC(=O)n4ccnc4)C3)O2)OC1C. The smallest absolute Gasteiger partial charge is 0.327 e. The van der Waals surface area contributed by atoms with Crippen molar-refractivity contribution in [1.82, 2.24) is 25.5 Å². The summed E-state index contributed by atoms with van der Waals surface area (Å²) in [5.74, 6) is -0.435. The van der Waals surface area contributed by atoms with E-state index in [0.717, 1.165) is 24.8 Å². The van der Waals surface area contributed by atoms with Crippen LogP contribution < -0.4 is 16.0 Å². The molecule has 13 heteroatoms. The molecule has 3 amide bonds. The van der Waals surface area contributed by atoms with Crippen molar-refractivity contribution in [1.29, 1.82) is 0 Å². The molecule has 13 nitrogen and oxygen atoms in total. The van der Waals surface area contributed by atoms with Gasteiger partial charge in [-0.1, -0.05) is 30.7 Å². The zero-order chi connectivity index (χ0) is 35.1. The lowest BCUT2D eigenvalue weighted by atomic mass is 9.86. The Bertz CT molecular complexity index is 1410. The van der Waals surface area contributed by atoms with Crippen LogP contribution >= 0.6 is 0 Å². The molecule has 1 aliphatic carbocycles. The second-order valence-electron chi connectivity index (χ2n) is 14.2. The first kappa shape index (κ1) is 36.5. The third-order valence-corrected chi connectivity index (χ3v) is 9.74. The number of allylic oxidation sites excluding steroid dienone is 2. The zero-order valence-corrected chi connectivity index (χ0v) is 29.1. The molecule has 8 unspecified atom stereocenters. The number of nitrogens with one attached hydrogen (secondary N) is 3. The van der Waals surface area contributed by atoms with Gasteiger partial charge in [-0.25, -0.2) is 9.78 Å². The minimum absolute atomic E-state index is 0.0273. The lowest BCUT2D eigenvalue weighted by Crippen LogP contribution is -2.54. The molecule has 49 heavy (non-hydrogen) atoms. The van der Waals surface area contributed by atoms with Crippen molar-refractivity contribution in [3.63, 3.8) is 0 Å². The molecule has 4 heterocycles. The number of aromatic nitrogens is 2. The first-order chi connectivity index (χ1) is 23.4. The molecular weight excluding hydrogens is 630 g/mol. The summed E-state index contributed by atoms with van der Waals surface area (Å²) >= 11 is 0. The number of esters is 1. The maximum atomic E-state index is 12.9. The summed E-state index contributed by atoms with van der Waals surface area (Å²) in [6.07, 6.45) is 17.6. The van der Waals surface area contributed by atoms with Crippen LogP contribution in [0.5, 0.6) is 0 Å². The number of hydrogen-bond donors (Lipinski definition) is 3. The Kier molecular flexibility index (Phi) is 12.1. The Hall–Kier alpha value is -3.81. The van der Waals surface area contributed by atoms with E-state index in [1.54, 1.807) is 25.4 Å². The fourth-order valence-corrected chi connectivity index (χ4v) is 6.85. The summed E-state index contributed by atoms with van der Waals surface area (Å²) in [5.41, 5.74) is 0.888. The molecule has 1 saturated carbocycles. The highest BCUT2D eigenvalue weighted by atomic mass is 16.6. The van der Waals surface area contributed by atoms with Gasteiger partial charge >= 0.3 is 12.0 Å². The number of nitrogens with zero attached hydrogens (tertiary/aromatic N) is 2. The minimum atomic E-state index is -0.472. The molecule has 1 aromatic rings. The lowest BCUT2D eigenvalue weighted by molar-refractivity contribution is -0.143. The molecule has 5 rings (SSSR count). The van der Waals surface area contributed by atoms with E-state index >= 15 is 0 Å². The molecule has 4 fully saturated rings. The van der Waals surface area contributed by atoms with E-state index in [1.807, 2.05) is 6.92 Å². The standard InChI is InChI=1S/C36H51N5O8/c1-22(7-10-32-23(2)14-31(25(4)48-32)40-33(43)11-8-24(3)47-26(5)42)6-9-29-18-36(20-46-36)19-30(49-29)17-34(44)38-27-15-28(16-27)39-35(45)41-13-12-37-21-41/h6-9,11-13,21,23-25,27-32H,10,14-20H2,1-5H3,(H,38,44)(H,39,45)(H,40,43). The first-order valence-corrected chi connectivity index (χ1v) is 17.4. The second kappa shape index (κ2) is 16.3. The largest absolute Gasteiger partial charge is 0.459 e. The van der Waals surface area contributed by atoms with E-state index in [4.69, 9.17) is 18.9 Å². The van der Waals surface area contributed by atoms with Crippen molar-refractivity contribution in [2.24, 2.45) is 5.92 Å². The number of carbonyl (C=O) groups excluding carboxylic acids is 4. The van der Waals surface area contributed by atoms with E-state index in [9.17, 15) is 19.2 Å². The van der Waals surface area contributed by atoms with Gasteiger partial charge in [-0.15, -0.1) is 0 Å². The normalized spacial score (nSPS) is 33.5. The van der Waals surface area contributed by atoms with Crippen LogP contribution in [-0.2, 0) is 33.3 Å². The van der Waals surface area contributed by atoms with Crippen LogP contribution in [0.4, 0.5) is 4.79 Å². The van der Waals surface area contributed by atoms with E-state index in [2.05, 4.69) is 53.0 Å². The van der Waals surface area contributed by atoms with Crippen molar-refractivity contribution in [3.05, 3.63) is 54.7 Å². The third-order valence-electron chi connectivity index (χ3n) is 9.74. The van der Waals surface area contributed by atoms with Gasteiger partial charge in [-0.2, -0.15) is 0 Å². The highest BCUT2D eigenvalue weighted by Crippen LogP contribution is 2.43. The topological polar surface area (TPSA) is 162 Å². The summed E-state index contributed by atoms with van der Waals surface area (Å²) < 4.78 is 24.9. The Morgan fingerprint density at radius 3 is 2.49 bits per heavy atom. The van der Waals surface area contributed by atoms with Crippen LogP contribution in [-0.4, -0.2) is 94.2 Å². The molecule has 3 aliphatic heterocycles. The van der Waals surface area contributed by atoms with Gasteiger partial charge in [-0.05, 0) is 58.4 Å². The summed E-state index contributed by atoms with van der Waals surface area (Å²) in [4.78, 5) is 52.4. The summed E-state index contributed by atoms with van der Waals surface area (Å²) in [7, 11) is 0. The van der Waals surface area contributed by atoms with Gasteiger partial charge in [0, 0.05) is 50.3 Å². The van der Waals surface area contributed by atoms with Gasteiger partial charge in [0.05, 0.1) is 49.1 Å². The van der Waals surface area contributed by atoms with Gasteiger partial charge in [0.15, 0.2) is 0 Å². The van der Waals surface area contributed by atoms with Crippen molar-refractivity contribution >= 4 is 23.8 Å². The van der Waals surface area contributed by atoms with E-state index in [0.29, 0.717) is 25.9 Å².